The van der Waals surface area contributed by atoms with Crippen LogP contribution in [-0.4, -0.2) is 42.2 Å². The molecule has 2 aromatic carbocycles. The Bertz CT molecular complexity index is 988. The Hall–Kier alpha value is -2.63. The number of carboxylic acids is 1. The molecule has 144 valence electrons. The van der Waals surface area contributed by atoms with Crippen LogP contribution in [0.1, 0.15) is 23.3 Å². The summed E-state index contributed by atoms with van der Waals surface area (Å²) in [5.74, 6) is -0.202. The van der Waals surface area contributed by atoms with E-state index in [1.54, 1.807) is 6.08 Å². The Morgan fingerprint density at radius 1 is 1.11 bits per heavy atom. The van der Waals surface area contributed by atoms with Gasteiger partial charge in [0.1, 0.15) is 12.4 Å². The summed E-state index contributed by atoms with van der Waals surface area (Å²) in [5.41, 5.74) is 1.11. The maximum atomic E-state index is 11.9. The molecule has 28 heavy (non-hydrogen) atoms. The fraction of sp³-hybridized carbons (Fsp3) is 0.261. The lowest BCUT2D eigenvalue weighted by Gasteiger charge is -2.17. The Morgan fingerprint density at radius 3 is 2.68 bits per heavy atom. The zero-order chi connectivity index (χ0) is 19.3. The van der Waals surface area contributed by atoms with Crippen molar-refractivity contribution in [2.24, 2.45) is 0 Å². The molecule has 0 aliphatic carbocycles. The summed E-state index contributed by atoms with van der Waals surface area (Å²) in [7, 11) is 0. The molecular weight excluding hydrogens is 370 g/mol. The lowest BCUT2D eigenvalue weighted by molar-refractivity contribution is -0.130. The van der Waals surface area contributed by atoms with Crippen molar-refractivity contribution in [2.45, 2.75) is 12.8 Å². The van der Waals surface area contributed by atoms with Gasteiger partial charge in [-0.1, -0.05) is 36.4 Å². The highest BCUT2D eigenvalue weighted by Crippen LogP contribution is 2.33. The van der Waals surface area contributed by atoms with Gasteiger partial charge in [0.2, 0.25) is 0 Å². The van der Waals surface area contributed by atoms with E-state index in [-0.39, 0.29) is 5.57 Å². The highest BCUT2D eigenvalue weighted by atomic mass is 32.1. The van der Waals surface area contributed by atoms with Crippen LogP contribution >= 0.6 is 11.3 Å². The Balaban J connectivity index is 1.71. The molecule has 5 heteroatoms. The Morgan fingerprint density at radius 2 is 1.93 bits per heavy atom. The van der Waals surface area contributed by atoms with Crippen LogP contribution in [0.3, 0.4) is 0 Å². The monoisotopic (exact) mass is 393 g/mol. The van der Waals surface area contributed by atoms with E-state index in [2.05, 4.69) is 4.90 Å². The summed E-state index contributed by atoms with van der Waals surface area (Å²) in [6.07, 6.45) is 4.27. The zero-order valence-corrected chi connectivity index (χ0v) is 16.5. The first kappa shape index (κ1) is 18.7. The van der Waals surface area contributed by atoms with Gasteiger partial charge < -0.3 is 9.84 Å². The summed E-state index contributed by atoms with van der Waals surface area (Å²) in [5, 5.41) is 13.7. The molecule has 2 heterocycles. The van der Waals surface area contributed by atoms with E-state index in [4.69, 9.17) is 4.74 Å². The van der Waals surface area contributed by atoms with E-state index >= 15 is 0 Å². The van der Waals surface area contributed by atoms with Crippen LogP contribution in [0.25, 0.3) is 22.4 Å². The molecule has 4 rings (SSSR count). The van der Waals surface area contributed by atoms with Gasteiger partial charge in [-0.15, -0.1) is 11.3 Å². The third kappa shape index (κ3) is 4.11. The number of hydrogen-bond acceptors (Lipinski definition) is 4. The van der Waals surface area contributed by atoms with Gasteiger partial charge in [0, 0.05) is 17.0 Å². The number of nitrogens with zero attached hydrogens (tertiary/aromatic N) is 1. The number of carboxylic acid groups (broad SMARTS) is 1. The average Bonchev–Trinajstić information content (AvgIpc) is 3.41. The van der Waals surface area contributed by atoms with Gasteiger partial charge in [0.15, 0.2) is 0 Å². The molecule has 1 N–H and O–H groups in total. The Labute approximate surface area is 168 Å². The molecule has 0 spiro atoms. The minimum atomic E-state index is -0.932. The first-order valence-corrected chi connectivity index (χ1v) is 10.5. The SMILES string of the molecule is O=C(O)/C(=C/c1c(OCCN2CCCC2)ccc2ccccc12)c1cccs1. The fourth-order valence-electron chi connectivity index (χ4n) is 3.66. The molecule has 1 aromatic heterocycles. The largest absolute Gasteiger partial charge is 0.492 e. The van der Waals surface area contributed by atoms with Crippen molar-refractivity contribution in [3.8, 4) is 5.75 Å². The normalized spacial score (nSPS) is 15.2. The smallest absolute Gasteiger partial charge is 0.337 e. The summed E-state index contributed by atoms with van der Waals surface area (Å²) >= 11 is 1.43. The second-order valence-corrected chi connectivity index (χ2v) is 7.88. The van der Waals surface area contributed by atoms with Crippen LogP contribution in [-0.2, 0) is 4.79 Å². The van der Waals surface area contributed by atoms with E-state index in [0.717, 1.165) is 46.6 Å². The quantitative estimate of drug-likeness (QED) is 0.574. The van der Waals surface area contributed by atoms with Crippen LogP contribution in [0.15, 0.2) is 53.9 Å². The van der Waals surface area contributed by atoms with E-state index in [1.165, 1.54) is 24.2 Å². The number of likely N-dealkylation sites (tertiary alicyclic amines) is 1. The van der Waals surface area contributed by atoms with Crippen molar-refractivity contribution in [3.05, 3.63) is 64.4 Å². The summed E-state index contributed by atoms with van der Waals surface area (Å²) in [6, 6.07) is 15.7. The van der Waals surface area contributed by atoms with Gasteiger partial charge >= 0.3 is 5.97 Å². The number of rotatable bonds is 7. The molecule has 0 unspecified atom stereocenters. The zero-order valence-electron chi connectivity index (χ0n) is 15.6. The van der Waals surface area contributed by atoms with E-state index in [0.29, 0.717) is 6.61 Å². The fourth-order valence-corrected chi connectivity index (χ4v) is 4.39. The van der Waals surface area contributed by atoms with Gasteiger partial charge in [0.25, 0.3) is 0 Å². The number of benzene rings is 2. The lowest BCUT2D eigenvalue weighted by atomic mass is 10.0. The van der Waals surface area contributed by atoms with Crippen molar-refractivity contribution in [1.82, 2.24) is 4.90 Å². The number of aliphatic carboxylic acids is 1. The van der Waals surface area contributed by atoms with Gasteiger partial charge in [-0.25, -0.2) is 4.79 Å². The molecule has 0 bridgehead atoms. The molecule has 1 aliphatic heterocycles. The first-order chi connectivity index (χ1) is 13.7. The van der Waals surface area contributed by atoms with Crippen LogP contribution in [0, 0.1) is 0 Å². The molecular formula is C23H23NO3S. The predicted octanol–water partition coefficient (Wildman–Crippen LogP) is 5.00. The minimum Gasteiger partial charge on any atom is -0.492 e. The van der Waals surface area contributed by atoms with Crippen LogP contribution < -0.4 is 4.74 Å². The second kappa shape index (κ2) is 8.59. The third-order valence-electron chi connectivity index (χ3n) is 5.10. The third-order valence-corrected chi connectivity index (χ3v) is 6.00. The molecule has 0 saturated carbocycles. The van der Waals surface area contributed by atoms with Gasteiger partial charge in [0.05, 0.1) is 5.57 Å². The van der Waals surface area contributed by atoms with Crippen LogP contribution in [0.2, 0.25) is 0 Å². The summed E-state index contributed by atoms with van der Waals surface area (Å²) in [4.78, 5) is 15.1. The van der Waals surface area contributed by atoms with Crippen molar-refractivity contribution >= 4 is 39.7 Å². The lowest BCUT2D eigenvalue weighted by Crippen LogP contribution is -2.25. The number of thiophene rings is 1. The second-order valence-electron chi connectivity index (χ2n) is 6.94. The molecule has 3 aromatic rings. The van der Waals surface area contributed by atoms with Crippen molar-refractivity contribution < 1.29 is 14.6 Å². The van der Waals surface area contributed by atoms with E-state index < -0.39 is 5.97 Å². The summed E-state index contributed by atoms with van der Waals surface area (Å²) < 4.78 is 6.13. The topological polar surface area (TPSA) is 49.8 Å². The van der Waals surface area contributed by atoms with Gasteiger partial charge in [-0.05, 0) is 60.3 Å². The van der Waals surface area contributed by atoms with E-state index in [9.17, 15) is 9.90 Å². The minimum absolute atomic E-state index is 0.288. The summed E-state index contributed by atoms with van der Waals surface area (Å²) in [6.45, 7) is 3.76. The molecule has 1 aliphatic rings. The number of fused-ring (bicyclic) bond motifs is 1. The average molecular weight is 394 g/mol. The van der Waals surface area contributed by atoms with Crippen LogP contribution in [0.5, 0.6) is 5.75 Å². The maximum Gasteiger partial charge on any atom is 0.337 e. The molecule has 0 atom stereocenters. The molecule has 1 saturated heterocycles. The van der Waals surface area contributed by atoms with E-state index in [1.807, 2.05) is 53.9 Å². The highest BCUT2D eigenvalue weighted by Gasteiger charge is 2.16. The first-order valence-electron chi connectivity index (χ1n) is 9.58. The number of ether oxygens (including phenoxy) is 1. The van der Waals surface area contributed by atoms with Gasteiger partial charge in [-0.2, -0.15) is 0 Å². The predicted molar refractivity (Wildman–Crippen MR) is 115 cm³/mol. The molecule has 0 radical (unpaired) electrons. The number of hydrogen-bond donors (Lipinski definition) is 1. The molecule has 4 nitrogen and oxygen atoms in total. The van der Waals surface area contributed by atoms with Crippen molar-refractivity contribution in [1.29, 1.82) is 0 Å². The van der Waals surface area contributed by atoms with Crippen LogP contribution in [0.4, 0.5) is 0 Å². The van der Waals surface area contributed by atoms with Gasteiger partial charge in [-0.3, -0.25) is 4.90 Å². The standard InChI is InChI=1S/C23H23NO3S/c25-23(26)20(22-8-5-15-28-22)16-19-18-7-2-1-6-17(18)9-10-21(19)27-14-13-24-11-3-4-12-24/h1-2,5-10,15-16H,3-4,11-14H2,(H,25,26)/b20-16+. The maximum absolute atomic E-state index is 11.9. The molecule has 0 amide bonds. The van der Waals surface area contributed by atoms with Crippen molar-refractivity contribution in [3.63, 3.8) is 0 Å². The Kier molecular flexibility index (Phi) is 5.74. The number of carbonyl (C=O) groups is 1. The van der Waals surface area contributed by atoms with Crippen molar-refractivity contribution in [2.75, 3.05) is 26.2 Å². The highest BCUT2D eigenvalue weighted by molar-refractivity contribution is 7.11. The molecule has 1 fully saturated rings.